The number of aliphatic hydroxyl groups is 1. The first kappa shape index (κ1) is 27.2. The van der Waals surface area contributed by atoms with Gasteiger partial charge in [0.1, 0.15) is 24.1 Å². The molecule has 3 aromatic rings. The number of aromatic amines is 1. The van der Waals surface area contributed by atoms with Crippen molar-refractivity contribution in [3.8, 4) is 6.01 Å². The first-order chi connectivity index (χ1) is 20.0. The first-order valence-electron chi connectivity index (χ1n) is 14.4. The minimum absolute atomic E-state index is 0.0227. The number of rotatable bonds is 8. The van der Waals surface area contributed by atoms with E-state index in [9.17, 15) is 5.11 Å². The maximum atomic E-state index is 15.4. The van der Waals surface area contributed by atoms with Gasteiger partial charge in [0.25, 0.3) is 6.01 Å². The number of aryl methyl sites for hydroxylation is 1. The highest BCUT2D eigenvalue weighted by atomic mass is 35.5. The minimum atomic E-state index is -0.651. The van der Waals surface area contributed by atoms with Crippen LogP contribution in [0.3, 0.4) is 0 Å². The molecule has 7 rings (SSSR count). The average Bonchev–Trinajstić information content (AvgIpc) is 3.74. The molecule has 1 unspecified atom stereocenters. The molecule has 0 spiro atoms. The lowest BCUT2D eigenvalue weighted by Gasteiger charge is -2.21. The largest absolute Gasteiger partial charge is 0.456 e. The average molecular weight is 586 g/mol. The number of fused-ring (bicyclic) bond motifs is 3. The highest BCUT2D eigenvalue weighted by Gasteiger charge is 2.48. The van der Waals surface area contributed by atoms with Gasteiger partial charge in [-0.3, -0.25) is 0 Å². The smallest absolute Gasteiger partial charge is 0.296 e. The molecule has 4 aliphatic rings. The SMILES string of the molecule is O[C@@H]1CO[C@H]2[C@@H]1OC[C@H]2Oc1nc2nc(C[C@H]3CCc4cc(/C=C/COC5CCCCO5)cc(F)c43)c(Cl)cc2[nH]1. The van der Waals surface area contributed by atoms with Crippen LogP contribution in [-0.2, 0) is 31.8 Å². The monoisotopic (exact) mass is 585 g/mol. The van der Waals surface area contributed by atoms with E-state index in [1.807, 2.05) is 12.2 Å². The van der Waals surface area contributed by atoms with Gasteiger partial charge in [0.2, 0.25) is 0 Å². The molecule has 6 atom stereocenters. The van der Waals surface area contributed by atoms with E-state index in [0.717, 1.165) is 55.4 Å². The molecule has 0 saturated carbocycles. The van der Waals surface area contributed by atoms with Crippen LogP contribution in [0, 0.1) is 5.82 Å². The van der Waals surface area contributed by atoms with E-state index in [0.29, 0.717) is 41.5 Å². The predicted molar refractivity (Wildman–Crippen MR) is 149 cm³/mol. The second-order valence-electron chi connectivity index (χ2n) is 11.2. The number of imidazole rings is 1. The van der Waals surface area contributed by atoms with E-state index in [1.54, 1.807) is 12.1 Å². The molecule has 218 valence electrons. The topological polar surface area (TPSA) is 108 Å². The van der Waals surface area contributed by atoms with Crippen molar-refractivity contribution in [2.24, 2.45) is 0 Å². The standard InChI is InChI=1S/C30H33ClFN3O6/c31-19-13-22-29(35-30(34-22)41-24-15-40-27-23(36)14-39-28(24)27)33-21(19)12-18-7-6-17-10-16(11-20(32)26(17)18)4-3-9-38-25-5-1-2-8-37-25/h3-4,10-11,13,18,23-25,27-28,36H,1-2,5-9,12,14-15H2,(H,33,34,35)/b4-3+/t18-,23-,24-,25?,27-,28-/m1/s1. The van der Waals surface area contributed by atoms with Crippen LogP contribution in [0.15, 0.2) is 24.3 Å². The highest BCUT2D eigenvalue weighted by Crippen LogP contribution is 2.39. The third-order valence-corrected chi connectivity index (χ3v) is 8.72. The molecule has 3 aliphatic heterocycles. The molecule has 0 radical (unpaired) electrons. The van der Waals surface area contributed by atoms with Gasteiger partial charge in [-0.15, -0.1) is 0 Å². The van der Waals surface area contributed by atoms with E-state index < -0.39 is 6.10 Å². The summed E-state index contributed by atoms with van der Waals surface area (Å²) in [6.07, 6.45) is 7.16. The van der Waals surface area contributed by atoms with Crippen molar-refractivity contribution in [3.63, 3.8) is 0 Å². The summed E-state index contributed by atoms with van der Waals surface area (Å²) in [5.74, 6) is -0.226. The summed E-state index contributed by atoms with van der Waals surface area (Å²) in [4.78, 5) is 12.3. The Bertz CT molecular complexity index is 1440. The minimum Gasteiger partial charge on any atom is -0.456 e. The zero-order chi connectivity index (χ0) is 27.9. The van der Waals surface area contributed by atoms with Gasteiger partial charge in [-0.1, -0.05) is 29.8 Å². The van der Waals surface area contributed by atoms with Crippen molar-refractivity contribution in [1.29, 1.82) is 0 Å². The van der Waals surface area contributed by atoms with Gasteiger partial charge in [-0.05, 0) is 73.3 Å². The fourth-order valence-corrected chi connectivity index (χ4v) is 6.61. The molecule has 0 amide bonds. The van der Waals surface area contributed by atoms with E-state index >= 15 is 4.39 Å². The molecular formula is C30H33ClFN3O6. The van der Waals surface area contributed by atoms with Gasteiger partial charge >= 0.3 is 0 Å². The van der Waals surface area contributed by atoms with E-state index in [2.05, 4.69) is 16.0 Å². The number of aromatic nitrogens is 3. The van der Waals surface area contributed by atoms with E-state index in [4.69, 9.17) is 40.3 Å². The van der Waals surface area contributed by atoms with Crippen molar-refractivity contribution >= 4 is 28.8 Å². The molecule has 9 nitrogen and oxygen atoms in total. The van der Waals surface area contributed by atoms with Crippen LogP contribution in [0.2, 0.25) is 5.02 Å². The van der Waals surface area contributed by atoms with Gasteiger partial charge in [0, 0.05) is 6.61 Å². The van der Waals surface area contributed by atoms with Crippen molar-refractivity contribution in [2.45, 2.75) is 75.1 Å². The Hall–Kier alpha value is -2.60. The Morgan fingerprint density at radius 1 is 1.10 bits per heavy atom. The summed E-state index contributed by atoms with van der Waals surface area (Å²) in [5, 5.41) is 10.5. The van der Waals surface area contributed by atoms with Gasteiger partial charge in [-0.25, -0.2) is 9.37 Å². The molecule has 2 aromatic heterocycles. The molecule has 0 bridgehead atoms. The van der Waals surface area contributed by atoms with Crippen LogP contribution in [0.5, 0.6) is 6.01 Å². The van der Waals surface area contributed by atoms with Crippen LogP contribution in [0.4, 0.5) is 4.39 Å². The predicted octanol–water partition coefficient (Wildman–Crippen LogP) is 4.49. The third kappa shape index (κ3) is 5.61. The van der Waals surface area contributed by atoms with Gasteiger partial charge in [0.15, 0.2) is 18.0 Å². The van der Waals surface area contributed by atoms with Crippen molar-refractivity contribution in [3.05, 3.63) is 57.5 Å². The zero-order valence-electron chi connectivity index (χ0n) is 22.6. The molecule has 3 fully saturated rings. The summed E-state index contributed by atoms with van der Waals surface area (Å²) < 4.78 is 44.0. The second kappa shape index (κ2) is 11.6. The Labute approximate surface area is 242 Å². The fourth-order valence-electron chi connectivity index (χ4n) is 6.38. The fraction of sp³-hybridized carbons (Fsp3) is 0.533. The number of ether oxygens (including phenoxy) is 5. The van der Waals surface area contributed by atoms with Crippen molar-refractivity contribution in [1.82, 2.24) is 15.0 Å². The number of H-pyrrole nitrogens is 1. The molecule has 1 aromatic carbocycles. The molecule has 1 aliphatic carbocycles. The Kier molecular flexibility index (Phi) is 7.70. The highest BCUT2D eigenvalue weighted by molar-refractivity contribution is 6.31. The number of hydrogen-bond acceptors (Lipinski definition) is 8. The second-order valence-corrected chi connectivity index (χ2v) is 11.6. The van der Waals surface area contributed by atoms with Gasteiger partial charge in [0.05, 0.1) is 36.1 Å². The van der Waals surface area contributed by atoms with Crippen molar-refractivity contribution in [2.75, 3.05) is 26.4 Å². The number of pyridine rings is 1. The molecule has 11 heteroatoms. The zero-order valence-corrected chi connectivity index (χ0v) is 23.3. The van der Waals surface area contributed by atoms with Crippen LogP contribution in [0.1, 0.15) is 54.0 Å². The number of benzene rings is 1. The lowest BCUT2D eigenvalue weighted by molar-refractivity contribution is -0.155. The first-order valence-corrected chi connectivity index (χ1v) is 14.7. The van der Waals surface area contributed by atoms with Crippen LogP contribution in [0.25, 0.3) is 17.2 Å². The van der Waals surface area contributed by atoms with E-state index in [-0.39, 0.29) is 49.0 Å². The lowest BCUT2D eigenvalue weighted by atomic mass is 9.94. The third-order valence-electron chi connectivity index (χ3n) is 8.40. The Morgan fingerprint density at radius 2 is 2.00 bits per heavy atom. The van der Waals surface area contributed by atoms with E-state index in [1.165, 1.54) is 0 Å². The summed E-state index contributed by atoms with van der Waals surface area (Å²) in [6, 6.07) is 5.72. The summed E-state index contributed by atoms with van der Waals surface area (Å²) >= 11 is 6.63. The van der Waals surface area contributed by atoms with Gasteiger partial charge in [-0.2, -0.15) is 4.98 Å². The lowest BCUT2D eigenvalue weighted by Crippen LogP contribution is -2.34. The molecule has 2 N–H and O–H groups in total. The quantitative estimate of drug-likeness (QED) is 0.398. The van der Waals surface area contributed by atoms with Crippen LogP contribution in [-0.4, -0.2) is 77.2 Å². The molecular weight excluding hydrogens is 553 g/mol. The number of nitrogens with one attached hydrogen (secondary N) is 1. The maximum absolute atomic E-state index is 15.4. The number of halogens is 2. The van der Waals surface area contributed by atoms with Crippen molar-refractivity contribution < 1.29 is 33.2 Å². The normalized spacial score (nSPS) is 29.4. The number of aliphatic hydroxyl groups excluding tert-OH is 1. The summed E-state index contributed by atoms with van der Waals surface area (Å²) in [5.41, 5.74) is 4.38. The molecule has 3 saturated heterocycles. The maximum Gasteiger partial charge on any atom is 0.296 e. The molecule has 41 heavy (non-hydrogen) atoms. The number of nitrogens with zero attached hydrogens (tertiary/aromatic N) is 2. The van der Waals surface area contributed by atoms with Crippen LogP contribution < -0.4 is 4.74 Å². The Balaban J connectivity index is 1.02. The van der Waals surface area contributed by atoms with Crippen LogP contribution >= 0.6 is 11.6 Å². The Morgan fingerprint density at radius 3 is 2.88 bits per heavy atom. The number of hydrogen-bond donors (Lipinski definition) is 2. The summed E-state index contributed by atoms with van der Waals surface area (Å²) in [7, 11) is 0. The summed E-state index contributed by atoms with van der Waals surface area (Å²) in [6.45, 7) is 1.71. The molecule has 5 heterocycles. The van der Waals surface area contributed by atoms with Gasteiger partial charge < -0.3 is 33.8 Å².